The summed E-state index contributed by atoms with van der Waals surface area (Å²) < 4.78 is 12.2. The van der Waals surface area contributed by atoms with Crippen molar-refractivity contribution in [2.24, 2.45) is 0 Å². The number of nitrogens with zero attached hydrogens (tertiary/aromatic N) is 4. The van der Waals surface area contributed by atoms with Crippen molar-refractivity contribution in [1.29, 1.82) is 0 Å². The molecule has 148 valence electrons. The van der Waals surface area contributed by atoms with Crippen molar-refractivity contribution in [3.05, 3.63) is 82.8 Å². The Morgan fingerprint density at radius 3 is 2.62 bits per heavy atom. The molecular formula is C21H20ClN5O2. The Morgan fingerprint density at radius 2 is 1.90 bits per heavy atom. The van der Waals surface area contributed by atoms with Crippen LogP contribution in [0, 0.1) is 0 Å². The van der Waals surface area contributed by atoms with E-state index >= 15 is 0 Å². The monoisotopic (exact) mass is 409 g/mol. The number of hydrogen-bond donors (Lipinski definition) is 1. The van der Waals surface area contributed by atoms with Crippen LogP contribution >= 0.6 is 11.6 Å². The number of ether oxygens (including phenoxy) is 2. The summed E-state index contributed by atoms with van der Waals surface area (Å²) in [5.41, 5.74) is 2.72. The number of aromatic nitrogens is 4. The van der Waals surface area contributed by atoms with Gasteiger partial charge in [-0.1, -0.05) is 41.9 Å². The molecule has 0 amide bonds. The van der Waals surface area contributed by atoms with Gasteiger partial charge in [0.25, 0.3) is 5.78 Å². The van der Waals surface area contributed by atoms with Crippen LogP contribution in [0.5, 0.6) is 5.75 Å². The van der Waals surface area contributed by atoms with E-state index < -0.39 is 0 Å². The van der Waals surface area contributed by atoms with Crippen molar-refractivity contribution in [1.82, 2.24) is 19.6 Å². The molecule has 0 aliphatic carbocycles. The molecule has 2 heterocycles. The van der Waals surface area contributed by atoms with E-state index in [9.17, 15) is 0 Å². The minimum Gasteiger partial charge on any atom is -0.497 e. The molecule has 0 radical (unpaired) electrons. The van der Waals surface area contributed by atoms with Gasteiger partial charge in [0.2, 0.25) is 0 Å². The van der Waals surface area contributed by atoms with E-state index in [2.05, 4.69) is 20.4 Å². The molecule has 2 aromatic heterocycles. The second-order valence-corrected chi connectivity index (χ2v) is 6.82. The minimum absolute atomic E-state index is 0.222. The van der Waals surface area contributed by atoms with Gasteiger partial charge in [-0.3, -0.25) is 0 Å². The molecule has 1 unspecified atom stereocenters. The first-order chi connectivity index (χ1) is 14.2. The van der Waals surface area contributed by atoms with E-state index in [1.807, 2.05) is 54.6 Å². The van der Waals surface area contributed by atoms with Crippen molar-refractivity contribution < 1.29 is 9.47 Å². The molecule has 1 atom stereocenters. The summed E-state index contributed by atoms with van der Waals surface area (Å²) in [5.74, 6) is 2.02. The summed E-state index contributed by atoms with van der Waals surface area (Å²) in [6.45, 7) is 0.372. The fraction of sp³-hybridized carbons (Fsp3) is 0.190. The summed E-state index contributed by atoms with van der Waals surface area (Å²) in [6.07, 6.45) is 1.47. The standard InChI is InChI=1S/C21H20ClN5O2/c1-28-12-15-11-19(27-21(25-15)23-13-24-27)26-20(17-5-3-4-6-18(17)22)14-7-9-16(29-2)10-8-14/h3-11,13,20,26H,12H2,1-2H3. The maximum atomic E-state index is 6.54. The Morgan fingerprint density at radius 1 is 1.10 bits per heavy atom. The van der Waals surface area contributed by atoms with Crippen molar-refractivity contribution in [3.63, 3.8) is 0 Å². The third-order valence-corrected chi connectivity index (χ3v) is 4.90. The van der Waals surface area contributed by atoms with E-state index in [1.54, 1.807) is 18.7 Å². The summed E-state index contributed by atoms with van der Waals surface area (Å²) in [7, 11) is 3.28. The Bertz CT molecular complexity index is 1110. The molecule has 8 heteroatoms. The third-order valence-electron chi connectivity index (χ3n) is 4.55. The molecular weight excluding hydrogens is 390 g/mol. The van der Waals surface area contributed by atoms with Gasteiger partial charge in [-0.15, -0.1) is 0 Å². The van der Waals surface area contributed by atoms with Gasteiger partial charge in [-0.25, -0.2) is 4.98 Å². The highest BCUT2D eigenvalue weighted by Crippen LogP contribution is 2.32. The third kappa shape index (κ3) is 4.01. The number of benzene rings is 2. The Balaban J connectivity index is 1.81. The van der Waals surface area contributed by atoms with Crippen LogP contribution in [0.1, 0.15) is 22.9 Å². The summed E-state index contributed by atoms with van der Waals surface area (Å²) in [5, 5.41) is 8.52. The van der Waals surface area contributed by atoms with Crippen LogP contribution in [0.3, 0.4) is 0 Å². The second-order valence-electron chi connectivity index (χ2n) is 6.41. The van der Waals surface area contributed by atoms with Crippen LogP contribution in [0.15, 0.2) is 60.9 Å². The zero-order valence-corrected chi connectivity index (χ0v) is 16.8. The van der Waals surface area contributed by atoms with Gasteiger partial charge in [-0.2, -0.15) is 14.6 Å². The molecule has 0 saturated carbocycles. The molecule has 7 nitrogen and oxygen atoms in total. The first-order valence-electron chi connectivity index (χ1n) is 9.03. The maximum Gasteiger partial charge on any atom is 0.254 e. The minimum atomic E-state index is -0.222. The fourth-order valence-electron chi connectivity index (χ4n) is 3.18. The van der Waals surface area contributed by atoms with Crippen LogP contribution in [-0.2, 0) is 11.3 Å². The lowest BCUT2D eigenvalue weighted by atomic mass is 9.98. The summed E-state index contributed by atoms with van der Waals surface area (Å²) in [6, 6.07) is 17.3. The zero-order valence-electron chi connectivity index (χ0n) is 16.0. The molecule has 0 fully saturated rings. The molecule has 2 aromatic carbocycles. The average Bonchev–Trinajstić information content (AvgIpc) is 3.22. The van der Waals surface area contributed by atoms with Crippen LogP contribution in [0.2, 0.25) is 5.02 Å². The van der Waals surface area contributed by atoms with Gasteiger partial charge in [0, 0.05) is 18.2 Å². The Labute approximate surface area is 173 Å². The Kier molecular flexibility index (Phi) is 5.59. The summed E-state index contributed by atoms with van der Waals surface area (Å²) >= 11 is 6.54. The van der Waals surface area contributed by atoms with Gasteiger partial charge < -0.3 is 14.8 Å². The van der Waals surface area contributed by atoms with Gasteiger partial charge >= 0.3 is 0 Å². The molecule has 0 bridgehead atoms. The molecule has 29 heavy (non-hydrogen) atoms. The lowest BCUT2D eigenvalue weighted by Crippen LogP contribution is -2.16. The SMILES string of the molecule is COCc1cc(NC(c2ccc(OC)cc2)c2ccccc2Cl)n2ncnc2n1. The predicted molar refractivity (Wildman–Crippen MR) is 111 cm³/mol. The average molecular weight is 410 g/mol. The fourth-order valence-corrected chi connectivity index (χ4v) is 3.42. The van der Waals surface area contributed by atoms with Crippen LogP contribution in [0.25, 0.3) is 5.78 Å². The lowest BCUT2D eigenvalue weighted by Gasteiger charge is -2.23. The smallest absolute Gasteiger partial charge is 0.254 e. The van der Waals surface area contributed by atoms with E-state index in [0.717, 1.165) is 28.4 Å². The van der Waals surface area contributed by atoms with Crippen LogP contribution in [0.4, 0.5) is 5.82 Å². The highest BCUT2D eigenvalue weighted by molar-refractivity contribution is 6.31. The zero-order chi connectivity index (χ0) is 20.2. The number of halogens is 1. The van der Waals surface area contributed by atoms with Crippen molar-refractivity contribution in [2.75, 3.05) is 19.5 Å². The van der Waals surface area contributed by atoms with Crippen molar-refractivity contribution in [2.45, 2.75) is 12.6 Å². The van der Waals surface area contributed by atoms with E-state index in [4.69, 9.17) is 21.1 Å². The normalized spacial score (nSPS) is 12.1. The van der Waals surface area contributed by atoms with Crippen LogP contribution in [-0.4, -0.2) is 33.8 Å². The predicted octanol–water partition coefficient (Wildman–Crippen LogP) is 4.13. The first-order valence-corrected chi connectivity index (χ1v) is 9.41. The summed E-state index contributed by atoms with van der Waals surface area (Å²) in [4.78, 5) is 8.68. The molecule has 0 spiro atoms. The number of methoxy groups -OCH3 is 2. The van der Waals surface area contributed by atoms with Gasteiger partial charge in [-0.05, 0) is 29.3 Å². The maximum absolute atomic E-state index is 6.54. The van der Waals surface area contributed by atoms with Crippen molar-refractivity contribution in [3.8, 4) is 5.75 Å². The number of nitrogens with one attached hydrogen (secondary N) is 1. The van der Waals surface area contributed by atoms with E-state index in [1.165, 1.54) is 6.33 Å². The van der Waals surface area contributed by atoms with Gasteiger partial charge in [0.1, 0.15) is 17.9 Å². The first kappa shape index (κ1) is 19.2. The molecule has 4 rings (SSSR count). The second kappa shape index (κ2) is 8.46. The van der Waals surface area contributed by atoms with Gasteiger partial charge in [0.15, 0.2) is 0 Å². The number of hydrogen-bond acceptors (Lipinski definition) is 6. The number of anilines is 1. The number of rotatable bonds is 7. The molecule has 0 saturated heterocycles. The van der Waals surface area contributed by atoms with Crippen LogP contribution < -0.4 is 10.1 Å². The van der Waals surface area contributed by atoms with E-state index in [0.29, 0.717) is 17.4 Å². The Hall–Kier alpha value is -3.16. The largest absolute Gasteiger partial charge is 0.497 e. The molecule has 0 aliphatic heterocycles. The van der Waals surface area contributed by atoms with Gasteiger partial charge in [0.05, 0.1) is 25.5 Å². The van der Waals surface area contributed by atoms with Crippen molar-refractivity contribution >= 4 is 23.2 Å². The molecule has 1 N–H and O–H groups in total. The van der Waals surface area contributed by atoms with E-state index in [-0.39, 0.29) is 6.04 Å². The molecule has 4 aromatic rings. The lowest BCUT2D eigenvalue weighted by molar-refractivity contribution is 0.181. The topological polar surface area (TPSA) is 73.6 Å². The highest BCUT2D eigenvalue weighted by Gasteiger charge is 2.19. The molecule has 0 aliphatic rings. The number of fused-ring (bicyclic) bond motifs is 1. The highest BCUT2D eigenvalue weighted by atomic mass is 35.5. The quantitative estimate of drug-likeness (QED) is 0.494.